The van der Waals surface area contributed by atoms with Gasteiger partial charge in [-0.3, -0.25) is 14.5 Å². The highest BCUT2D eigenvalue weighted by atomic mass is 32.1. The third-order valence-corrected chi connectivity index (χ3v) is 3.59. The van der Waals surface area contributed by atoms with Crippen LogP contribution < -0.4 is 5.32 Å². The van der Waals surface area contributed by atoms with E-state index in [2.05, 4.69) is 15.5 Å². The summed E-state index contributed by atoms with van der Waals surface area (Å²) in [5.41, 5.74) is 0.952. The molecule has 1 aromatic carbocycles. The molecular weight excluding hydrogens is 260 g/mol. The molecule has 2 N–H and O–H groups in total. The van der Waals surface area contributed by atoms with Crippen LogP contribution in [-0.2, 0) is 4.79 Å². The zero-order valence-corrected chi connectivity index (χ0v) is 11.1. The number of H-pyrrole nitrogens is 1. The van der Waals surface area contributed by atoms with Crippen molar-refractivity contribution in [3.8, 4) is 11.4 Å². The number of hydrogen-bond donors (Lipinski definition) is 2. The van der Waals surface area contributed by atoms with Crippen molar-refractivity contribution in [2.24, 2.45) is 0 Å². The Bertz CT molecular complexity index is 646. The van der Waals surface area contributed by atoms with E-state index in [4.69, 9.17) is 12.2 Å². The molecular formula is C13H14N4OS. The van der Waals surface area contributed by atoms with E-state index < -0.39 is 0 Å². The van der Waals surface area contributed by atoms with Crippen molar-refractivity contribution in [1.82, 2.24) is 20.1 Å². The molecule has 19 heavy (non-hydrogen) atoms. The van der Waals surface area contributed by atoms with Crippen LogP contribution in [0, 0.1) is 4.77 Å². The monoisotopic (exact) mass is 274 g/mol. The summed E-state index contributed by atoms with van der Waals surface area (Å²) in [5.74, 6) is 0.730. The molecule has 1 aliphatic rings. The lowest BCUT2D eigenvalue weighted by atomic mass is 10.1. The smallest absolute Gasteiger partial charge is 0.243 e. The number of carbonyl (C=O) groups excluding carboxylic acids is 1. The van der Waals surface area contributed by atoms with Gasteiger partial charge in [-0.05, 0) is 25.1 Å². The lowest BCUT2D eigenvalue weighted by Gasteiger charge is -2.23. The van der Waals surface area contributed by atoms with Gasteiger partial charge in [0, 0.05) is 12.1 Å². The molecule has 0 aliphatic carbocycles. The van der Waals surface area contributed by atoms with Gasteiger partial charge in [0.2, 0.25) is 5.91 Å². The van der Waals surface area contributed by atoms with E-state index >= 15 is 0 Å². The van der Waals surface area contributed by atoms with E-state index in [-0.39, 0.29) is 11.9 Å². The molecule has 3 rings (SSSR count). The second-order valence-corrected chi connectivity index (χ2v) is 4.92. The number of hydrogen-bond acceptors (Lipinski definition) is 3. The second kappa shape index (κ2) is 4.97. The number of piperidine rings is 1. The molecule has 1 amide bonds. The van der Waals surface area contributed by atoms with Crippen molar-refractivity contribution in [1.29, 1.82) is 0 Å². The van der Waals surface area contributed by atoms with Gasteiger partial charge in [0.25, 0.3) is 0 Å². The van der Waals surface area contributed by atoms with Gasteiger partial charge in [-0.1, -0.05) is 30.3 Å². The molecule has 1 aliphatic heterocycles. The van der Waals surface area contributed by atoms with Gasteiger partial charge in [0.1, 0.15) is 6.04 Å². The standard InChI is InChI=1S/C13H14N4OS/c18-12-10(7-4-8-14-12)17-11(15-16-13(17)19)9-5-2-1-3-6-9/h1-3,5-6,10H,4,7-8H2,(H,14,18)(H,16,19). The molecule has 0 radical (unpaired) electrons. The third-order valence-electron chi connectivity index (χ3n) is 3.30. The Balaban J connectivity index is 2.09. The highest BCUT2D eigenvalue weighted by Crippen LogP contribution is 2.25. The first kappa shape index (κ1) is 12.1. The van der Waals surface area contributed by atoms with Crippen LogP contribution in [-0.4, -0.2) is 27.2 Å². The molecule has 0 bridgehead atoms. The summed E-state index contributed by atoms with van der Waals surface area (Å²) in [7, 11) is 0. The number of rotatable bonds is 2. The highest BCUT2D eigenvalue weighted by molar-refractivity contribution is 7.71. The summed E-state index contributed by atoms with van der Waals surface area (Å²) < 4.78 is 2.31. The number of nitrogens with zero attached hydrogens (tertiary/aromatic N) is 2. The van der Waals surface area contributed by atoms with Crippen LogP contribution >= 0.6 is 12.2 Å². The van der Waals surface area contributed by atoms with Gasteiger partial charge >= 0.3 is 0 Å². The molecule has 98 valence electrons. The molecule has 1 atom stereocenters. The van der Waals surface area contributed by atoms with Crippen LogP contribution in [0.2, 0.25) is 0 Å². The van der Waals surface area contributed by atoms with Crippen LogP contribution in [0.4, 0.5) is 0 Å². The van der Waals surface area contributed by atoms with Crippen molar-refractivity contribution in [2.75, 3.05) is 6.54 Å². The maximum atomic E-state index is 12.0. The highest BCUT2D eigenvalue weighted by Gasteiger charge is 2.27. The van der Waals surface area contributed by atoms with Gasteiger partial charge in [-0.15, -0.1) is 0 Å². The SMILES string of the molecule is O=C1NCCCC1n1c(-c2ccccc2)n[nH]c1=S. The first-order chi connectivity index (χ1) is 9.27. The Morgan fingerprint density at radius 3 is 2.84 bits per heavy atom. The van der Waals surface area contributed by atoms with Gasteiger partial charge in [0.15, 0.2) is 10.6 Å². The van der Waals surface area contributed by atoms with Crippen molar-refractivity contribution in [3.63, 3.8) is 0 Å². The predicted molar refractivity (Wildman–Crippen MR) is 74.1 cm³/mol. The minimum absolute atomic E-state index is 0.0148. The largest absolute Gasteiger partial charge is 0.354 e. The maximum absolute atomic E-state index is 12.0. The number of aromatic nitrogens is 3. The summed E-state index contributed by atoms with van der Waals surface area (Å²) in [6, 6.07) is 9.49. The van der Waals surface area contributed by atoms with Crippen LogP contribution in [0.5, 0.6) is 0 Å². The lowest BCUT2D eigenvalue weighted by Crippen LogP contribution is -2.38. The minimum Gasteiger partial charge on any atom is -0.354 e. The van der Waals surface area contributed by atoms with Crippen molar-refractivity contribution >= 4 is 18.1 Å². The maximum Gasteiger partial charge on any atom is 0.243 e. The van der Waals surface area contributed by atoms with Crippen molar-refractivity contribution < 1.29 is 4.79 Å². The Morgan fingerprint density at radius 2 is 2.11 bits per heavy atom. The zero-order chi connectivity index (χ0) is 13.2. The van der Waals surface area contributed by atoms with Gasteiger partial charge in [0.05, 0.1) is 0 Å². The fourth-order valence-electron chi connectivity index (χ4n) is 2.39. The second-order valence-electron chi connectivity index (χ2n) is 4.54. The summed E-state index contributed by atoms with van der Waals surface area (Å²) in [6.07, 6.45) is 1.75. The van der Waals surface area contributed by atoms with Crippen LogP contribution in [0.1, 0.15) is 18.9 Å². The number of aromatic amines is 1. The third kappa shape index (κ3) is 2.19. The van der Waals surface area contributed by atoms with E-state index in [9.17, 15) is 4.79 Å². The van der Waals surface area contributed by atoms with E-state index in [1.54, 1.807) is 0 Å². The van der Waals surface area contributed by atoms with Crippen molar-refractivity contribution in [3.05, 3.63) is 35.1 Å². The fraction of sp³-hybridized carbons (Fsp3) is 0.308. The quantitative estimate of drug-likeness (QED) is 0.824. The fourth-order valence-corrected chi connectivity index (χ4v) is 2.65. The van der Waals surface area contributed by atoms with E-state index in [1.807, 2.05) is 34.9 Å². The molecule has 1 aromatic heterocycles. The van der Waals surface area contributed by atoms with Gasteiger partial charge in [-0.25, -0.2) is 0 Å². The molecule has 2 heterocycles. The van der Waals surface area contributed by atoms with Crippen LogP contribution in [0.25, 0.3) is 11.4 Å². The Kier molecular flexibility index (Phi) is 3.16. The van der Waals surface area contributed by atoms with E-state index in [0.29, 0.717) is 10.6 Å². The summed E-state index contributed by atoms with van der Waals surface area (Å²) >= 11 is 5.27. The molecule has 2 aromatic rings. The molecule has 6 heteroatoms. The van der Waals surface area contributed by atoms with Gasteiger partial charge < -0.3 is 5.32 Å². The van der Waals surface area contributed by atoms with E-state index in [0.717, 1.165) is 24.9 Å². The first-order valence-electron chi connectivity index (χ1n) is 6.27. The number of amides is 1. The lowest BCUT2D eigenvalue weighted by molar-refractivity contribution is -0.125. The van der Waals surface area contributed by atoms with E-state index in [1.165, 1.54) is 0 Å². The molecule has 1 unspecified atom stereocenters. The average Bonchev–Trinajstić information content (AvgIpc) is 2.82. The Labute approximate surface area is 115 Å². The van der Waals surface area contributed by atoms with Crippen LogP contribution in [0.15, 0.2) is 30.3 Å². The predicted octanol–water partition coefficient (Wildman–Crippen LogP) is 2.06. The molecule has 5 nitrogen and oxygen atoms in total. The Hall–Kier alpha value is -1.95. The molecule has 0 saturated carbocycles. The first-order valence-corrected chi connectivity index (χ1v) is 6.68. The molecule has 1 saturated heterocycles. The summed E-state index contributed by atoms with van der Waals surface area (Å²) in [6.45, 7) is 0.737. The Morgan fingerprint density at radius 1 is 1.32 bits per heavy atom. The molecule has 0 spiro atoms. The van der Waals surface area contributed by atoms with Gasteiger partial charge in [-0.2, -0.15) is 5.10 Å². The normalized spacial score (nSPS) is 19.2. The number of carbonyl (C=O) groups is 1. The summed E-state index contributed by atoms with van der Waals surface area (Å²) in [4.78, 5) is 12.0. The summed E-state index contributed by atoms with van der Waals surface area (Å²) in [5, 5.41) is 9.93. The number of benzene rings is 1. The number of nitrogens with one attached hydrogen (secondary N) is 2. The molecule has 1 fully saturated rings. The zero-order valence-electron chi connectivity index (χ0n) is 10.3. The topological polar surface area (TPSA) is 62.7 Å². The van der Waals surface area contributed by atoms with Crippen molar-refractivity contribution in [2.45, 2.75) is 18.9 Å². The average molecular weight is 274 g/mol. The van der Waals surface area contributed by atoms with Crippen LogP contribution in [0.3, 0.4) is 0 Å². The minimum atomic E-state index is -0.268.